The van der Waals surface area contributed by atoms with Gasteiger partial charge in [0.1, 0.15) is 5.69 Å². The first kappa shape index (κ1) is 16.3. The van der Waals surface area contributed by atoms with Crippen molar-refractivity contribution < 1.29 is 23.8 Å². The summed E-state index contributed by atoms with van der Waals surface area (Å²) in [5.41, 5.74) is 0.791. The largest absolute Gasteiger partial charge is 0.477 e. The van der Waals surface area contributed by atoms with E-state index in [0.29, 0.717) is 18.8 Å². The Morgan fingerprint density at radius 3 is 2.95 bits per heavy atom. The van der Waals surface area contributed by atoms with E-state index in [1.807, 2.05) is 0 Å². The van der Waals surface area contributed by atoms with Crippen molar-refractivity contribution in [3.8, 4) is 0 Å². The summed E-state index contributed by atoms with van der Waals surface area (Å²) in [5, 5.41) is 13.3. The number of likely N-dealkylation sites (tertiary alicyclic amines) is 1. The number of hydrogen-bond donors (Lipinski definition) is 1. The van der Waals surface area contributed by atoms with Gasteiger partial charge in [0.15, 0.2) is 0 Å². The van der Waals surface area contributed by atoms with Crippen molar-refractivity contribution in [3.05, 3.63) is 17.5 Å². The van der Waals surface area contributed by atoms with Gasteiger partial charge in [0, 0.05) is 32.5 Å². The SMILES string of the molecule is Cn1nc(C2CCCN(C(=O)OCCCF)C2)cc1C(=O)O. The van der Waals surface area contributed by atoms with Crippen LogP contribution < -0.4 is 0 Å². The number of aryl methyl sites for hydroxylation is 1. The number of carbonyl (C=O) groups excluding carboxylic acids is 1. The molecule has 2 heterocycles. The number of ether oxygens (including phenoxy) is 1. The van der Waals surface area contributed by atoms with Gasteiger partial charge in [-0.1, -0.05) is 0 Å². The van der Waals surface area contributed by atoms with Gasteiger partial charge in [0.05, 0.1) is 19.0 Å². The zero-order chi connectivity index (χ0) is 16.1. The van der Waals surface area contributed by atoms with Gasteiger partial charge < -0.3 is 14.7 Å². The second-order valence-electron chi connectivity index (χ2n) is 5.33. The molecule has 2 rings (SSSR count). The Balaban J connectivity index is 1.99. The van der Waals surface area contributed by atoms with Crippen molar-refractivity contribution in [1.82, 2.24) is 14.7 Å². The summed E-state index contributed by atoms with van der Waals surface area (Å²) in [6, 6.07) is 1.55. The van der Waals surface area contributed by atoms with Crippen LogP contribution in [0.5, 0.6) is 0 Å². The smallest absolute Gasteiger partial charge is 0.409 e. The third-order valence-electron chi connectivity index (χ3n) is 3.72. The molecule has 0 radical (unpaired) electrons. The molecule has 0 bridgehead atoms. The van der Waals surface area contributed by atoms with E-state index in [1.165, 1.54) is 4.68 Å². The van der Waals surface area contributed by atoms with Crippen LogP contribution in [0.1, 0.15) is 41.4 Å². The van der Waals surface area contributed by atoms with E-state index in [0.717, 1.165) is 12.8 Å². The molecule has 1 aliphatic heterocycles. The summed E-state index contributed by atoms with van der Waals surface area (Å²) in [6.45, 7) is 0.583. The number of halogens is 1. The number of carboxylic acids is 1. The normalized spacial score (nSPS) is 18.3. The van der Waals surface area contributed by atoms with Crippen molar-refractivity contribution in [2.45, 2.75) is 25.2 Å². The Bertz CT molecular complexity index is 546. The highest BCUT2D eigenvalue weighted by atomic mass is 19.1. The van der Waals surface area contributed by atoms with Gasteiger partial charge >= 0.3 is 12.1 Å². The second kappa shape index (κ2) is 7.24. The van der Waals surface area contributed by atoms with E-state index in [1.54, 1.807) is 18.0 Å². The molecular formula is C14H20FN3O4. The second-order valence-corrected chi connectivity index (χ2v) is 5.33. The minimum atomic E-state index is -1.03. The standard InChI is InChI=1S/C14H20FN3O4/c1-17-12(13(19)20)8-11(16-17)10-4-2-6-18(9-10)14(21)22-7-3-5-15/h8,10H,2-7,9H2,1H3,(H,19,20). The minimum absolute atomic E-state index is 0.0122. The maximum absolute atomic E-state index is 12.0. The van der Waals surface area contributed by atoms with Gasteiger partial charge in [-0.15, -0.1) is 0 Å². The lowest BCUT2D eigenvalue weighted by atomic mass is 9.95. The maximum atomic E-state index is 12.0. The van der Waals surface area contributed by atoms with Gasteiger partial charge in [0.2, 0.25) is 0 Å². The van der Waals surface area contributed by atoms with Gasteiger partial charge in [-0.25, -0.2) is 9.59 Å². The van der Waals surface area contributed by atoms with Gasteiger partial charge in [0.25, 0.3) is 0 Å². The molecule has 1 amide bonds. The molecule has 1 aliphatic rings. The number of piperidine rings is 1. The van der Waals surface area contributed by atoms with Crippen LogP contribution >= 0.6 is 0 Å². The summed E-state index contributed by atoms with van der Waals surface area (Å²) in [4.78, 5) is 24.5. The monoisotopic (exact) mass is 313 g/mol. The number of nitrogens with zero attached hydrogens (tertiary/aromatic N) is 3. The fourth-order valence-electron chi connectivity index (χ4n) is 2.58. The predicted molar refractivity (Wildman–Crippen MR) is 75.7 cm³/mol. The molecule has 8 heteroatoms. The molecule has 0 aliphatic carbocycles. The Hall–Kier alpha value is -2.12. The highest BCUT2D eigenvalue weighted by Gasteiger charge is 2.28. The van der Waals surface area contributed by atoms with Gasteiger partial charge in [-0.3, -0.25) is 9.07 Å². The first-order valence-corrected chi connectivity index (χ1v) is 7.27. The van der Waals surface area contributed by atoms with Crippen LogP contribution in [-0.2, 0) is 11.8 Å². The van der Waals surface area contributed by atoms with Crippen LogP contribution in [0.15, 0.2) is 6.07 Å². The lowest BCUT2D eigenvalue weighted by molar-refractivity contribution is 0.0684. The van der Waals surface area contributed by atoms with Crippen molar-refractivity contribution in [2.24, 2.45) is 7.05 Å². The first-order chi connectivity index (χ1) is 10.5. The summed E-state index contributed by atoms with van der Waals surface area (Å²) >= 11 is 0. The number of aromatic nitrogens is 2. The average molecular weight is 313 g/mol. The van der Waals surface area contributed by atoms with Crippen LogP contribution in [0, 0.1) is 0 Å². The number of rotatable bonds is 5. The molecule has 1 saturated heterocycles. The number of amides is 1. The molecule has 1 fully saturated rings. The Morgan fingerprint density at radius 2 is 2.32 bits per heavy atom. The molecule has 0 saturated carbocycles. The van der Waals surface area contributed by atoms with Crippen LogP contribution in [0.25, 0.3) is 0 Å². The third-order valence-corrected chi connectivity index (χ3v) is 3.72. The van der Waals surface area contributed by atoms with Crippen molar-refractivity contribution in [3.63, 3.8) is 0 Å². The highest BCUT2D eigenvalue weighted by Crippen LogP contribution is 2.26. The van der Waals surface area contributed by atoms with E-state index in [2.05, 4.69) is 5.10 Å². The minimum Gasteiger partial charge on any atom is -0.477 e. The van der Waals surface area contributed by atoms with Crippen molar-refractivity contribution >= 4 is 12.1 Å². The molecule has 1 aromatic rings. The number of carbonyl (C=O) groups is 2. The highest BCUT2D eigenvalue weighted by molar-refractivity contribution is 5.85. The van der Waals surface area contributed by atoms with E-state index >= 15 is 0 Å². The fraction of sp³-hybridized carbons (Fsp3) is 0.643. The van der Waals surface area contributed by atoms with E-state index < -0.39 is 18.7 Å². The van der Waals surface area contributed by atoms with E-state index in [4.69, 9.17) is 9.84 Å². The Kier molecular flexibility index (Phi) is 5.35. The molecule has 1 N–H and O–H groups in total. The summed E-state index contributed by atoms with van der Waals surface area (Å²) in [6.07, 6.45) is 1.38. The van der Waals surface area contributed by atoms with Crippen LogP contribution in [0.4, 0.5) is 9.18 Å². The molecule has 22 heavy (non-hydrogen) atoms. The Morgan fingerprint density at radius 1 is 1.55 bits per heavy atom. The summed E-state index contributed by atoms with van der Waals surface area (Å²) in [5.74, 6) is -1.04. The lowest BCUT2D eigenvalue weighted by Crippen LogP contribution is -2.39. The lowest BCUT2D eigenvalue weighted by Gasteiger charge is -2.31. The molecule has 7 nitrogen and oxygen atoms in total. The number of hydrogen-bond acceptors (Lipinski definition) is 4. The molecule has 122 valence electrons. The number of carboxylic acid groups (broad SMARTS) is 1. The van der Waals surface area contributed by atoms with Gasteiger partial charge in [-0.2, -0.15) is 5.10 Å². The maximum Gasteiger partial charge on any atom is 0.409 e. The van der Waals surface area contributed by atoms with Gasteiger partial charge in [-0.05, 0) is 18.9 Å². The molecule has 1 unspecified atom stereocenters. The van der Waals surface area contributed by atoms with Crippen molar-refractivity contribution in [1.29, 1.82) is 0 Å². The quantitative estimate of drug-likeness (QED) is 0.838. The summed E-state index contributed by atoms with van der Waals surface area (Å²) in [7, 11) is 1.58. The topological polar surface area (TPSA) is 84.7 Å². The zero-order valence-corrected chi connectivity index (χ0v) is 12.5. The first-order valence-electron chi connectivity index (χ1n) is 7.27. The fourth-order valence-corrected chi connectivity index (χ4v) is 2.58. The third kappa shape index (κ3) is 3.75. The number of aromatic carboxylic acids is 1. The van der Waals surface area contributed by atoms with Crippen LogP contribution in [-0.4, -0.2) is 58.2 Å². The predicted octanol–water partition coefficient (Wildman–Crippen LogP) is 1.79. The molecule has 1 atom stereocenters. The van der Waals surface area contributed by atoms with E-state index in [-0.39, 0.29) is 24.6 Å². The van der Waals surface area contributed by atoms with Crippen molar-refractivity contribution in [2.75, 3.05) is 26.4 Å². The van der Waals surface area contributed by atoms with Crippen LogP contribution in [0.3, 0.4) is 0 Å². The Labute approximate surface area is 127 Å². The molecular weight excluding hydrogens is 293 g/mol. The average Bonchev–Trinajstić information content (AvgIpc) is 2.90. The summed E-state index contributed by atoms with van der Waals surface area (Å²) < 4.78 is 18.3. The van der Waals surface area contributed by atoms with E-state index in [9.17, 15) is 14.0 Å². The molecule has 0 spiro atoms. The zero-order valence-electron chi connectivity index (χ0n) is 12.5. The molecule has 0 aromatic carbocycles. The van der Waals surface area contributed by atoms with Crippen LogP contribution in [0.2, 0.25) is 0 Å². The number of alkyl halides is 1. The molecule has 1 aromatic heterocycles.